The van der Waals surface area contributed by atoms with E-state index in [9.17, 15) is 4.79 Å². The Morgan fingerprint density at radius 3 is 2.45 bits per heavy atom. The predicted octanol–water partition coefficient (Wildman–Crippen LogP) is 6.33. The van der Waals surface area contributed by atoms with Crippen LogP contribution in [-0.4, -0.2) is 57.7 Å². The van der Waals surface area contributed by atoms with Crippen LogP contribution in [0.2, 0.25) is 18.1 Å². The molecule has 2 heterocycles. The van der Waals surface area contributed by atoms with Gasteiger partial charge in [0.15, 0.2) is 14.1 Å². The van der Waals surface area contributed by atoms with Gasteiger partial charge in [-0.05, 0) is 62.7 Å². The van der Waals surface area contributed by atoms with Crippen LogP contribution in [0.15, 0.2) is 48.6 Å². The topological polar surface area (TPSA) is 72.5 Å². The molecule has 2 aliphatic heterocycles. The number of methoxy groups -OCH3 is 1. The molecule has 38 heavy (non-hydrogen) atoms. The Balaban J connectivity index is 1.75. The van der Waals surface area contributed by atoms with Gasteiger partial charge in [0.2, 0.25) is 0 Å². The zero-order valence-corrected chi connectivity index (χ0v) is 25.5. The zero-order valence-electron chi connectivity index (χ0n) is 24.5. The van der Waals surface area contributed by atoms with Crippen LogP contribution in [0.1, 0.15) is 59.9 Å². The number of esters is 1. The second-order valence-corrected chi connectivity index (χ2v) is 17.1. The lowest BCUT2D eigenvalue weighted by atomic mass is 9.93. The van der Waals surface area contributed by atoms with Crippen molar-refractivity contribution in [3.63, 3.8) is 0 Å². The summed E-state index contributed by atoms with van der Waals surface area (Å²) in [7, 11) is -0.434. The standard InChI is InChI=1S/C30H46O7Si/c1-28(2,3)38(8,9)36-25(21-33-20-22-13-15-23(32-7)16-14-22)19-26-30(6,37-29(4,5)35-26)18-17-24-11-10-12-27(31)34-24/h10,12-18,24-26H,11,19-21H2,1-9H3/t24-,25-,26-,30-/m1/s1. The maximum Gasteiger partial charge on any atom is 0.331 e. The van der Waals surface area contributed by atoms with Gasteiger partial charge in [0, 0.05) is 18.9 Å². The zero-order chi connectivity index (χ0) is 28.2. The average molecular weight is 547 g/mol. The van der Waals surface area contributed by atoms with E-state index < -0.39 is 19.7 Å². The molecule has 0 saturated carbocycles. The number of cyclic esters (lactones) is 1. The highest BCUT2D eigenvalue weighted by Crippen LogP contribution is 2.42. The summed E-state index contributed by atoms with van der Waals surface area (Å²) in [5.41, 5.74) is 0.351. The first-order valence-electron chi connectivity index (χ1n) is 13.5. The number of carbonyl (C=O) groups is 1. The van der Waals surface area contributed by atoms with Crippen molar-refractivity contribution < 1.29 is 32.9 Å². The summed E-state index contributed by atoms with van der Waals surface area (Å²) < 4.78 is 36.5. The van der Waals surface area contributed by atoms with Gasteiger partial charge in [0.05, 0.1) is 32.5 Å². The summed E-state index contributed by atoms with van der Waals surface area (Å²) in [6, 6.07) is 7.89. The van der Waals surface area contributed by atoms with E-state index in [0.29, 0.717) is 26.1 Å². The van der Waals surface area contributed by atoms with Gasteiger partial charge in [-0.2, -0.15) is 0 Å². The highest BCUT2D eigenvalue weighted by molar-refractivity contribution is 6.74. The lowest BCUT2D eigenvalue weighted by molar-refractivity contribution is -0.155. The molecule has 0 aromatic heterocycles. The van der Waals surface area contributed by atoms with Crippen LogP contribution in [0.4, 0.5) is 0 Å². The molecule has 2 aliphatic rings. The number of hydrogen-bond donors (Lipinski definition) is 0. The van der Waals surface area contributed by atoms with Gasteiger partial charge >= 0.3 is 5.97 Å². The van der Waals surface area contributed by atoms with E-state index in [0.717, 1.165) is 11.3 Å². The quantitative estimate of drug-likeness (QED) is 0.182. The molecule has 4 atom stereocenters. The summed E-state index contributed by atoms with van der Waals surface area (Å²) >= 11 is 0. The van der Waals surface area contributed by atoms with Crippen LogP contribution in [0.25, 0.3) is 0 Å². The van der Waals surface area contributed by atoms with Crippen LogP contribution in [0.5, 0.6) is 5.75 Å². The number of benzene rings is 1. The number of carbonyl (C=O) groups excluding carboxylic acids is 1. The van der Waals surface area contributed by atoms with Crippen LogP contribution >= 0.6 is 0 Å². The first-order valence-corrected chi connectivity index (χ1v) is 16.4. The molecule has 0 radical (unpaired) electrons. The van der Waals surface area contributed by atoms with Crippen molar-refractivity contribution in [3.05, 3.63) is 54.1 Å². The fraction of sp³-hybridized carbons (Fsp3) is 0.633. The van der Waals surface area contributed by atoms with E-state index in [4.69, 9.17) is 28.1 Å². The first-order chi connectivity index (χ1) is 17.6. The molecule has 8 heteroatoms. The maximum absolute atomic E-state index is 11.7. The monoisotopic (exact) mass is 546 g/mol. The molecule has 212 valence electrons. The van der Waals surface area contributed by atoms with Crippen LogP contribution in [0.3, 0.4) is 0 Å². The summed E-state index contributed by atoms with van der Waals surface area (Å²) in [6.07, 6.45) is 7.65. The van der Waals surface area contributed by atoms with Gasteiger partial charge in [-0.25, -0.2) is 4.79 Å². The SMILES string of the molecule is COc1ccc(COC[C@@H](C[C@H]2OC(C)(C)O[C@]2(C)C=C[C@H]2CC=CC(=O)O2)O[Si](C)(C)C(C)(C)C)cc1. The Morgan fingerprint density at radius 2 is 1.84 bits per heavy atom. The molecule has 1 saturated heterocycles. The van der Waals surface area contributed by atoms with E-state index in [1.807, 2.05) is 63.3 Å². The molecule has 0 aliphatic carbocycles. The van der Waals surface area contributed by atoms with Crippen molar-refractivity contribution in [1.29, 1.82) is 0 Å². The Labute approximate surface area is 229 Å². The molecule has 0 amide bonds. The summed E-state index contributed by atoms with van der Waals surface area (Å²) in [5, 5.41) is 0.0507. The lowest BCUT2D eigenvalue weighted by Crippen LogP contribution is -2.47. The van der Waals surface area contributed by atoms with Gasteiger partial charge in [-0.1, -0.05) is 45.1 Å². The van der Waals surface area contributed by atoms with Gasteiger partial charge in [0.25, 0.3) is 0 Å². The van der Waals surface area contributed by atoms with Gasteiger partial charge in [-0.15, -0.1) is 0 Å². The highest BCUT2D eigenvalue weighted by atomic mass is 28.4. The molecule has 1 aromatic carbocycles. The fourth-order valence-electron chi connectivity index (χ4n) is 4.47. The molecule has 0 N–H and O–H groups in total. The van der Waals surface area contributed by atoms with Crippen LogP contribution in [-0.2, 0) is 34.8 Å². The Bertz CT molecular complexity index is 993. The number of rotatable bonds is 11. The van der Waals surface area contributed by atoms with Crippen molar-refractivity contribution in [2.75, 3.05) is 13.7 Å². The molecule has 3 rings (SSSR count). The minimum Gasteiger partial charge on any atom is -0.497 e. The van der Waals surface area contributed by atoms with Crippen molar-refractivity contribution in [3.8, 4) is 5.75 Å². The van der Waals surface area contributed by atoms with Crippen molar-refractivity contribution in [2.24, 2.45) is 0 Å². The molecule has 1 aromatic rings. The Kier molecular flexibility index (Phi) is 9.69. The first kappa shape index (κ1) is 30.6. The van der Waals surface area contributed by atoms with Crippen LogP contribution < -0.4 is 4.74 Å². The Hall–Kier alpha value is -1.97. The highest BCUT2D eigenvalue weighted by Gasteiger charge is 2.50. The third-order valence-corrected chi connectivity index (χ3v) is 12.1. The fourth-order valence-corrected chi connectivity index (χ4v) is 5.82. The second-order valence-electron chi connectivity index (χ2n) is 12.4. The van der Waals surface area contributed by atoms with E-state index in [1.165, 1.54) is 6.08 Å². The minimum atomic E-state index is -2.09. The van der Waals surface area contributed by atoms with Gasteiger partial charge in [-0.3, -0.25) is 0 Å². The van der Waals surface area contributed by atoms with E-state index in [-0.39, 0.29) is 29.3 Å². The molecular formula is C30H46O7Si. The molecule has 0 unspecified atom stereocenters. The molecule has 0 bridgehead atoms. The number of ether oxygens (including phenoxy) is 5. The van der Waals surface area contributed by atoms with Crippen LogP contribution in [0, 0.1) is 0 Å². The molecule has 7 nitrogen and oxygen atoms in total. The van der Waals surface area contributed by atoms with Crippen molar-refractivity contribution in [1.82, 2.24) is 0 Å². The largest absolute Gasteiger partial charge is 0.497 e. The summed E-state index contributed by atoms with van der Waals surface area (Å²) in [5.74, 6) is -0.271. The molecule has 0 spiro atoms. The smallest absolute Gasteiger partial charge is 0.331 e. The minimum absolute atomic E-state index is 0.0507. The van der Waals surface area contributed by atoms with Gasteiger partial charge < -0.3 is 28.1 Å². The average Bonchev–Trinajstić information content (AvgIpc) is 3.05. The second kappa shape index (κ2) is 12.0. The summed E-state index contributed by atoms with van der Waals surface area (Å²) in [4.78, 5) is 11.7. The predicted molar refractivity (Wildman–Crippen MR) is 151 cm³/mol. The Morgan fingerprint density at radius 1 is 1.16 bits per heavy atom. The molecule has 1 fully saturated rings. The maximum atomic E-state index is 11.7. The van der Waals surface area contributed by atoms with Crippen molar-refractivity contribution >= 4 is 14.3 Å². The van der Waals surface area contributed by atoms with E-state index >= 15 is 0 Å². The van der Waals surface area contributed by atoms with E-state index in [2.05, 4.69) is 33.9 Å². The summed E-state index contributed by atoms with van der Waals surface area (Å²) in [6.45, 7) is 18.0. The normalized spacial score (nSPS) is 26.5. The lowest BCUT2D eigenvalue weighted by Gasteiger charge is -2.40. The third kappa shape index (κ3) is 8.26. The third-order valence-electron chi connectivity index (χ3n) is 7.54. The molecular weight excluding hydrogens is 500 g/mol. The number of hydrogen-bond acceptors (Lipinski definition) is 7. The van der Waals surface area contributed by atoms with Gasteiger partial charge in [0.1, 0.15) is 17.5 Å². The van der Waals surface area contributed by atoms with E-state index in [1.54, 1.807) is 7.11 Å². The van der Waals surface area contributed by atoms with Crippen molar-refractivity contribution in [2.45, 2.75) is 109 Å².